The van der Waals surface area contributed by atoms with Gasteiger partial charge in [0.2, 0.25) is 0 Å². The summed E-state index contributed by atoms with van der Waals surface area (Å²) in [5.74, 6) is 1.69. The van der Waals surface area contributed by atoms with Crippen molar-refractivity contribution in [3.63, 3.8) is 0 Å². The number of aromatic nitrogens is 3. The van der Waals surface area contributed by atoms with Crippen LogP contribution in [0, 0.1) is 0 Å². The Hall–Kier alpha value is -0.940. The number of H-pyrrole nitrogens is 1. The first kappa shape index (κ1) is 10.6. The molecule has 1 atom stereocenters. The van der Waals surface area contributed by atoms with Crippen molar-refractivity contribution in [1.29, 1.82) is 0 Å². The third kappa shape index (κ3) is 2.18. The smallest absolute Gasteiger partial charge is 0.182 e. The average molecular weight is 210 g/mol. The topological polar surface area (TPSA) is 76.8 Å². The van der Waals surface area contributed by atoms with Gasteiger partial charge in [-0.1, -0.05) is 0 Å². The summed E-state index contributed by atoms with van der Waals surface area (Å²) in [5, 5.41) is 7.17. The number of nitrogens with zero attached hydrogens (tertiary/aromatic N) is 2. The molecule has 3 N–H and O–H groups in total. The van der Waals surface area contributed by atoms with Gasteiger partial charge in [0.25, 0.3) is 0 Å². The van der Waals surface area contributed by atoms with E-state index in [1.165, 1.54) is 0 Å². The second-order valence-electron chi connectivity index (χ2n) is 4.18. The fourth-order valence-electron chi connectivity index (χ4n) is 1.87. The highest BCUT2D eigenvalue weighted by Crippen LogP contribution is 2.33. The Labute approximate surface area is 89.4 Å². The zero-order valence-electron chi connectivity index (χ0n) is 9.12. The first-order valence-electron chi connectivity index (χ1n) is 5.50. The van der Waals surface area contributed by atoms with Gasteiger partial charge in [0.1, 0.15) is 11.4 Å². The predicted octanol–water partition coefficient (Wildman–Crippen LogP) is 0.722. The van der Waals surface area contributed by atoms with Gasteiger partial charge in [-0.25, -0.2) is 4.98 Å². The number of aromatic amines is 1. The molecule has 1 fully saturated rings. The van der Waals surface area contributed by atoms with Crippen LogP contribution in [0.1, 0.15) is 37.8 Å². The van der Waals surface area contributed by atoms with E-state index < -0.39 is 0 Å². The van der Waals surface area contributed by atoms with Gasteiger partial charge >= 0.3 is 0 Å². The van der Waals surface area contributed by atoms with E-state index in [4.69, 9.17) is 10.5 Å². The summed E-state index contributed by atoms with van der Waals surface area (Å²) >= 11 is 0. The number of hydrogen-bond donors (Lipinski definition) is 2. The normalized spacial score (nSPS) is 26.0. The van der Waals surface area contributed by atoms with Gasteiger partial charge in [-0.05, 0) is 32.7 Å². The van der Waals surface area contributed by atoms with Crippen molar-refractivity contribution in [3.8, 4) is 0 Å². The highest BCUT2D eigenvalue weighted by Gasteiger charge is 2.35. The van der Waals surface area contributed by atoms with Crippen LogP contribution >= 0.6 is 0 Å². The Morgan fingerprint density at radius 1 is 1.60 bits per heavy atom. The zero-order valence-corrected chi connectivity index (χ0v) is 9.12. The second-order valence-corrected chi connectivity index (χ2v) is 4.18. The van der Waals surface area contributed by atoms with Gasteiger partial charge in [-0.15, -0.1) is 0 Å². The molecule has 0 aliphatic carbocycles. The highest BCUT2D eigenvalue weighted by molar-refractivity contribution is 5.03. The molecule has 1 aliphatic heterocycles. The molecule has 0 bridgehead atoms. The molecule has 0 amide bonds. The van der Waals surface area contributed by atoms with Crippen molar-refractivity contribution in [2.45, 2.75) is 38.2 Å². The number of nitrogens with two attached hydrogens (primary N) is 1. The van der Waals surface area contributed by atoms with E-state index in [9.17, 15) is 0 Å². The SMILES string of the molecule is CC1(c2n[nH]c(CCCN)n2)CCCO1. The molecule has 1 aliphatic rings. The third-order valence-electron chi connectivity index (χ3n) is 2.84. The molecule has 15 heavy (non-hydrogen) atoms. The Bertz CT molecular complexity index is 317. The highest BCUT2D eigenvalue weighted by atomic mass is 16.5. The van der Waals surface area contributed by atoms with E-state index in [1.54, 1.807) is 0 Å². The molecule has 5 heteroatoms. The number of nitrogens with one attached hydrogen (secondary N) is 1. The summed E-state index contributed by atoms with van der Waals surface area (Å²) in [4.78, 5) is 4.45. The van der Waals surface area contributed by atoms with Crippen LogP contribution in [0.15, 0.2) is 0 Å². The van der Waals surface area contributed by atoms with E-state index in [1.807, 2.05) is 0 Å². The van der Waals surface area contributed by atoms with Crippen LogP contribution in [0.3, 0.4) is 0 Å². The molecule has 2 rings (SSSR count). The van der Waals surface area contributed by atoms with E-state index in [-0.39, 0.29) is 5.60 Å². The lowest BCUT2D eigenvalue weighted by Crippen LogP contribution is -2.21. The lowest BCUT2D eigenvalue weighted by Gasteiger charge is -2.18. The molecule has 0 spiro atoms. The standard InChI is InChI=1S/C10H18N4O/c1-10(5-3-7-15-10)9-12-8(13-14-9)4-2-6-11/h2-7,11H2,1H3,(H,12,13,14). The minimum absolute atomic E-state index is 0.280. The molecular formula is C10H18N4O. The van der Waals surface area contributed by atoms with Crippen molar-refractivity contribution >= 4 is 0 Å². The molecule has 5 nitrogen and oxygen atoms in total. The molecule has 1 aromatic heterocycles. The van der Waals surface area contributed by atoms with Crippen molar-refractivity contribution in [2.24, 2.45) is 5.73 Å². The molecule has 0 radical (unpaired) electrons. The Morgan fingerprint density at radius 3 is 3.13 bits per heavy atom. The van der Waals surface area contributed by atoms with Crippen LogP contribution < -0.4 is 5.73 Å². The van der Waals surface area contributed by atoms with Crippen LogP contribution in [-0.2, 0) is 16.8 Å². The average Bonchev–Trinajstić information content (AvgIpc) is 2.84. The molecule has 84 valence electrons. The van der Waals surface area contributed by atoms with Gasteiger partial charge in [0.05, 0.1) is 0 Å². The van der Waals surface area contributed by atoms with Gasteiger partial charge < -0.3 is 10.5 Å². The van der Waals surface area contributed by atoms with Gasteiger partial charge in [-0.3, -0.25) is 5.10 Å². The maximum absolute atomic E-state index is 5.67. The predicted molar refractivity (Wildman–Crippen MR) is 56.3 cm³/mol. The van der Waals surface area contributed by atoms with E-state index in [0.717, 1.165) is 43.9 Å². The van der Waals surface area contributed by atoms with Crippen molar-refractivity contribution in [1.82, 2.24) is 15.2 Å². The minimum Gasteiger partial charge on any atom is -0.367 e. The summed E-state index contributed by atoms with van der Waals surface area (Å²) in [6.07, 6.45) is 3.89. The summed E-state index contributed by atoms with van der Waals surface area (Å²) < 4.78 is 5.67. The maximum atomic E-state index is 5.67. The molecule has 2 heterocycles. The number of ether oxygens (including phenoxy) is 1. The van der Waals surface area contributed by atoms with Crippen molar-refractivity contribution in [3.05, 3.63) is 11.6 Å². The molecular weight excluding hydrogens is 192 g/mol. The first-order valence-corrected chi connectivity index (χ1v) is 5.50. The van der Waals surface area contributed by atoms with Crippen LogP contribution in [0.2, 0.25) is 0 Å². The maximum Gasteiger partial charge on any atom is 0.182 e. The van der Waals surface area contributed by atoms with Crippen molar-refractivity contribution in [2.75, 3.05) is 13.2 Å². The Balaban J connectivity index is 2.05. The number of rotatable bonds is 4. The van der Waals surface area contributed by atoms with Crippen LogP contribution in [0.5, 0.6) is 0 Å². The molecule has 0 saturated carbocycles. The summed E-state index contributed by atoms with van der Waals surface area (Å²) in [6, 6.07) is 0. The zero-order chi connectivity index (χ0) is 10.7. The van der Waals surface area contributed by atoms with Gasteiger partial charge in [-0.2, -0.15) is 5.10 Å². The Kier molecular flexibility index (Phi) is 3.02. The van der Waals surface area contributed by atoms with E-state index in [2.05, 4.69) is 22.1 Å². The first-order chi connectivity index (χ1) is 7.24. The molecule has 1 unspecified atom stereocenters. The fraction of sp³-hybridized carbons (Fsp3) is 0.800. The lowest BCUT2D eigenvalue weighted by atomic mass is 10.0. The fourth-order valence-corrected chi connectivity index (χ4v) is 1.87. The quantitative estimate of drug-likeness (QED) is 0.767. The molecule has 1 saturated heterocycles. The van der Waals surface area contributed by atoms with Gasteiger partial charge in [0.15, 0.2) is 5.82 Å². The number of aryl methyl sites for hydroxylation is 1. The summed E-state index contributed by atoms with van der Waals surface area (Å²) in [5.41, 5.74) is 5.16. The number of hydrogen-bond acceptors (Lipinski definition) is 4. The van der Waals surface area contributed by atoms with E-state index in [0.29, 0.717) is 6.54 Å². The molecule has 1 aromatic rings. The van der Waals surface area contributed by atoms with Crippen LogP contribution in [0.25, 0.3) is 0 Å². The monoisotopic (exact) mass is 210 g/mol. The van der Waals surface area contributed by atoms with E-state index >= 15 is 0 Å². The Morgan fingerprint density at radius 2 is 2.47 bits per heavy atom. The minimum atomic E-state index is -0.280. The summed E-state index contributed by atoms with van der Waals surface area (Å²) in [6.45, 7) is 3.54. The second kappa shape index (κ2) is 4.28. The van der Waals surface area contributed by atoms with Crippen molar-refractivity contribution < 1.29 is 4.74 Å². The van der Waals surface area contributed by atoms with Crippen LogP contribution in [-0.4, -0.2) is 28.3 Å². The molecule has 0 aromatic carbocycles. The largest absolute Gasteiger partial charge is 0.367 e. The third-order valence-corrected chi connectivity index (χ3v) is 2.84. The van der Waals surface area contributed by atoms with Gasteiger partial charge in [0, 0.05) is 13.0 Å². The van der Waals surface area contributed by atoms with Crippen LogP contribution in [0.4, 0.5) is 0 Å². The summed E-state index contributed by atoms with van der Waals surface area (Å²) in [7, 11) is 0. The lowest BCUT2D eigenvalue weighted by molar-refractivity contribution is 0.00959.